The van der Waals surface area contributed by atoms with E-state index in [0.717, 1.165) is 5.69 Å². The molecule has 0 fully saturated rings. The van der Waals surface area contributed by atoms with Crippen LogP contribution in [-0.2, 0) is 0 Å². The number of nitrogens with one attached hydrogen (secondary N) is 4. The molecule has 33 heavy (non-hydrogen) atoms. The summed E-state index contributed by atoms with van der Waals surface area (Å²) in [6.45, 7) is 3.79. The molecule has 4 N–H and O–H groups in total. The van der Waals surface area contributed by atoms with E-state index in [4.69, 9.17) is 21.1 Å². The van der Waals surface area contributed by atoms with Crippen LogP contribution in [0.4, 0.5) is 28.4 Å². The van der Waals surface area contributed by atoms with E-state index in [2.05, 4.69) is 21.7 Å². The van der Waals surface area contributed by atoms with Gasteiger partial charge < -0.3 is 14.9 Å². The number of halogens is 1. The Labute approximate surface area is 197 Å². The Morgan fingerprint density at radius 2 is 1.48 bits per heavy atom. The Kier molecular flexibility index (Phi) is 7.73. The van der Waals surface area contributed by atoms with Gasteiger partial charge in [0.15, 0.2) is 7.28 Å². The summed E-state index contributed by atoms with van der Waals surface area (Å²) in [5, 5.41) is 11.3. The first kappa shape index (κ1) is 23.9. The molecule has 0 heterocycles. The Morgan fingerprint density at radius 3 is 2.00 bits per heavy atom. The van der Waals surface area contributed by atoms with E-state index in [1.54, 1.807) is 40.5 Å². The zero-order chi connectivity index (χ0) is 24.0. The van der Waals surface area contributed by atoms with Crippen LogP contribution >= 0.6 is 11.6 Å². The average molecular weight is 469 g/mol. The van der Waals surface area contributed by atoms with E-state index in [9.17, 15) is 10.1 Å². The Morgan fingerprint density at radius 1 is 0.909 bits per heavy atom. The first-order chi connectivity index (χ1) is 15.9. The number of hydrazine groups is 2. The second-order valence-electron chi connectivity index (χ2n) is 7.06. The largest absolute Gasteiger partial charge is 0.494 e. The molecule has 3 aromatic carbocycles. The van der Waals surface area contributed by atoms with E-state index < -0.39 is 4.92 Å². The minimum absolute atomic E-state index is 0.0885. The van der Waals surface area contributed by atoms with Crippen LogP contribution < -0.4 is 36.6 Å². The second kappa shape index (κ2) is 10.7. The van der Waals surface area contributed by atoms with Crippen molar-refractivity contribution in [2.75, 3.05) is 35.9 Å². The van der Waals surface area contributed by atoms with Crippen molar-refractivity contribution in [3.8, 4) is 11.5 Å². The summed E-state index contributed by atoms with van der Waals surface area (Å²) in [5.41, 5.74) is 16.6. The number of methoxy groups -OCH3 is 2. The van der Waals surface area contributed by atoms with Crippen LogP contribution in [0.25, 0.3) is 0 Å². The van der Waals surface area contributed by atoms with E-state index in [-0.39, 0.29) is 10.7 Å². The summed E-state index contributed by atoms with van der Waals surface area (Å²) >= 11 is 6.29. The molecule has 0 spiro atoms. The second-order valence-corrected chi connectivity index (χ2v) is 7.46. The van der Waals surface area contributed by atoms with E-state index in [0.29, 0.717) is 34.0 Å². The van der Waals surface area contributed by atoms with Crippen molar-refractivity contribution in [1.82, 2.24) is 0 Å². The monoisotopic (exact) mass is 468 g/mol. The van der Waals surface area contributed by atoms with Gasteiger partial charge in [-0.25, -0.2) is 0 Å². The third-order valence-electron chi connectivity index (χ3n) is 4.86. The molecule has 0 bridgehead atoms. The normalized spacial score (nSPS) is 10.2. The number of benzene rings is 3. The zero-order valence-electron chi connectivity index (χ0n) is 18.7. The number of anilines is 4. The number of nitrogens with zero attached hydrogens (tertiary/aromatic N) is 1. The summed E-state index contributed by atoms with van der Waals surface area (Å²) in [6, 6.07) is 14.2. The van der Waals surface area contributed by atoms with Crippen molar-refractivity contribution in [3.05, 3.63) is 69.2 Å². The summed E-state index contributed by atoms with van der Waals surface area (Å²) in [7, 11) is 4.84. The third kappa shape index (κ3) is 5.72. The maximum atomic E-state index is 11.1. The van der Waals surface area contributed by atoms with Crippen LogP contribution in [0.5, 0.6) is 11.5 Å². The van der Waals surface area contributed by atoms with Crippen LogP contribution in [0.3, 0.4) is 0 Å². The van der Waals surface area contributed by atoms with Crippen LogP contribution in [-0.4, -0.2) is 26.4 Å². The number of ether oxygens (including phenoxy) is 2. The van der Waals surface area contributed by atoms with Gasteiger partial charge in [-0.1, -0.05) is 41.6 Å². The molecule has 171 valence electrons. The van der Waals surface area contributed by atoms with Gasteiger partial charge in [0.05, 0.1) is 46.9 Å². The molecule has 0 saturated heterocycles. The van der Waals surface area contributed by atoms with Crippen LogP contribution in [0.15, 0.2) is 48.5 Å². The SMILES string of the molecule is C[B]c1cc([N+](=O)[O-])cc(Cl)c1NNc1cc(OC)c(NNc2ccc(C)cc2)cc1OC. The smallest absolute Gasteiger partial charge is 0.270 e. The van der Waals surface area contributed by atoms with Gasteiger partial charge in [0.2, 0.25) is 0 Å². The molecule has 1 radical (unpaired) electrons. The van der Waals surface area contributed by atoms with Gasteiger partial charge in [-0.2, -0.15) is 0 Å². The first-order valence-corrected chi connectivity index (χ1v) is 10.4. The molecule has 0 atom stereocenters. The van der Waals surface area contributed by atoms with E-state index in [1.807, 2.05) is 31.2 Å². The van der Waals surface area contributed by atoms with Gasteiger partial charge in [-0.3, -0.25) is 26.4 Å². The third-order valence-corrected chi connectivity index (χ3v) is 5.16. The maximum Gasteiger partial charge on any atom is 0.270 e. The lowest BCUT2D eigenvalue weighted by atomic mass is 9.72. The average Bonchev–Trinajstić information content (AvgIpc) is 2.82. The lowest BCUT2D eigenvalue weighted by molar-refractivity contribution is -0.384. The Bertz CT molecular complexity index is 1140. The highest BCUT2D eigenvalue weighted by Crippen LogP contribution is 2.37. The number of hydrogen-bond acceptors (Lipinski definition) is 8. The first-order valence-electron chi connectivity index (χ1n) is 10.00. The van der Waals surface area contributed by atoms with Crippen LogP contribution in [0.2, 0.25) is 11.8 Å². The fourth-order valence-corrected chi connectivity index (χ4v) is 3.35. The van der Waals surface area contributed by atoms with Crippen LogP contribution in [0, 0.1) is 17.0 Å². The number of hydrogen-bond donors (Lipinski definition) is 4. The highest BCUT2D eigenvalue weighted by Gasteiger charge is 2.16. The van der Waals surface area contributed by atoms with Crippen molar-refractivity contribution < 1.29 is 14.4 Å². The van der Waals surface area contributed by atoms with E-state index in [1.165, 1.54) is 17.7 Å². The molecule has 0 aliphatic heterocycles. The number of nitro benzene ring substituents is 1. The zero-order valence-corrected chi connectivity index (χ0v) is 19.4. The minimum Gasteiger partial charge on any atom is -0.494 e. The number of aryl methyl sites for hydroxylation is 1. The predicted octanol–water partition coefficient (Wildman–Crippen LogP) is 4.83. The number of rotatable bonds is 10. The summed E-state index contributed by atoms with van der Waals surface area (Å²) in [4.78, 5) is 10.6. The van der Waals surface area contributed by atoms with Crippen molar-refractivity contribution in [1.29, 1.82) is 0 Å². The van der Waals surface area contributed by atoms with Gasteiger partial charge >= 0.3 is 0 Å². The predicted molar refractivity (Wildman–Crippen MR) is 135 cm³/mol. The molecule has 0 saturated carbocycles. The molecule has 0 unspecified atom stereocenters. The molecule has 9 nitrogen and oxygen atoms in total. The molecule has 0 amide bonds. The number of nitro groups is 1. The van der Waals surface area contributed by atoms with Gasteiger partial charge in [-0.05, 0) is 19.1 Å². The van der Waals surface area contributed by atoms with Gasteiger partial charge in [0.25, 0.3) is 5.69 Å². The Hall–Kier alpha value is -3.79. The minimum atomic E-state index is -0.486. The molecule has 0 aromatic heterocycles. The molecule has 0 aliphatic rings. The van der Waals surface area contributed by atoms with Gasteiger partial charge in [-0.15, -0.1) is 0 Å². The standard InChI is InChI=1S/C22H24BClN5O4/c1-13-5-7-14(8-6-13)25-26-18-11-21(33-4)19(12-20(18)32-3)27-28-22-16(23-2)9-15(29(30)31)10-17(22)24/h5-12,25-28H,1-4H3. The fraction of sp³-hybridized carbons (Fsp3) is 0.182. The quantitative estimate of drug-likeness (QED) is 0.190. The lowest BCUT2D eigenvalue weighted by Gasteiger charge is -2.20. The summed E-state index contributed by atoms with van der Waals surface area (Å²) in [6.07, 6.45) is 0. The van der Waals surface area contributed by atoms with E-state index >= 15 is 0 Å². The van der Waals surface area contributed by atoms with Crippen molar-refractivity contribution in [2.45, 2.75) is 13.7 Å². The summed E-state index contributed by atoms with van der Waals surface area (Å²) in [5.74, 6) is 1.08. The van der Waals surface area contributed by atoms with Crippen molar-refractivity contribution in [2.24, 2.45) is 0 Å². The molecular weight excluding hydrogens is 445 g/mol. The van der Waals surface area contributed by atoms with Gasteiger partial charge in [0.1, 0.15) is 11.5 Å². The summed E-state index contributed by atoms with van der Waals surface area (Å²) < 4.78 is 11.0. The fourth-order valence-electron chi connectivity index (χ4n) is 3.08. The molecule has 3 rings (SSSR count). The van der Waals surface area contributed by atoms with Crippen molar-refractivity contribution in [3.63, 3.8) is 0 Å². The Balaban J connectivity index is 1.82. The highest BCUT2D eigenvalue weighted by molar-refractivity contribution is 6.55. The lowest BCUT2D eigenvalue weighted by Crippen LogP contribution is -2.22. The van der Waals surface area contributed by atoms with Gasteiger partial charge in [0, 0.05) is 24.3 Å². The molecule has 11 heteroatoms. The maximum absolute atomic E-state index is 11.1. The highest BCUT2D eigenvalue weighted by atomic mass is 35.5. The molecular formula is C22H24BClN5O4. The molecule has 0 aliphatic carbocycles. The topological polar surface area (TPSA) is 110 Å². The number of non-ortho nitro benzene ring substituents is 1. The van der Waals surface area contributed by atoms with Crippen LogP contribution in [0.1, 0.15) is 5.56 Å². The van der Waals surface area contributed by atoms with Crippen molar-refractivity contribution >= 4 is 52.8 Å². The molecule has 3 aromatic rings.